The summed E-state index contributed by atoms with van der Waals surface area (Å²) in [7, 11) is 3.10. The van der Waals surface area contributed by atoms with E-state index in [1.807, 2.05) is 6.07 Å². The van der Waals surface area contributed by atoms with Crippen LogP contribution in [0.1, 0.15) is 16.3 Å². The standard InChI is InChI=1S/C16H19F3N4O2S/c1-24-11-4-3-10(7-12(11)25-2)8-22-15(20)21-6-5-14-23-13(9-26-14)16(17,18)19/h3-4,7,9H,5-6,8H2,1-2H3,(H3,20,21,22). The van der Waals surface area contributed by atoms with Crippen molar-refractivity contribution < 1.29 is 22.6 Å². The highest BCUT2D eigenvalue weighted by molar-refractivity contribution is 7.09. The van der Waals surface area contributed by atoms with E-state index in [4.69, 9.17) is 15.2 Å². The summed E-state index contributed by atoms with van der Waals surface area (Å²) in [6, 6.07) is 5.41. The molecule has 0 saturated carbocycles. The smallest absolute Gasteiger partial charge is 0.434 e. The minimum atomic E-state index is -4.41. The number of aromatic nitrogens is 1. The van der Waals surface area contributed by atoms with Crippen molar-refractivity contribution in [3.8, 4) is 11.5 Å². The number of alkyl halides is 3. The SMILES string of the molecule is COc1ccc(CN=C(N)NCCc2nc(C(F)(F)F)cs2)cc1OC. The van der Waals surface area contributed by atoms with E-state index >= 15 is 0 Å². The first-order valence-corrected chi connectivity index (χ1v) is 8.47. The van der Waals surface area contributed by atoms with E-state index in [-0.39, 0.29) is 5.96 Å². The Balaban J connectivity index is 1.84. The van der Waals surface area contributed by atoms with Gasteiger partial charge in [-0.15, -0.1) is 11.3 Å². The molecule has 1 aromatic carbocycles. The van der Waals surface area contributed by atoms with Crippen LogP contribution in [0.4, 0.5) is 13.2 Å². The first-order chi connectivity index (χ1) is 12.3. The molecule has 0 aliphatic heterocycles. The molecule has 1 aromatic heterocycles. The van der Waals surface area contributed by atoms with Crippen molar-refractivity contribution >= 4 is 17.3 Å². The predicted octanol–water partition coefficient (Wildman–Crippen LogP) is 2.83. The Labute approximate surface area is 152 Å². The molecule has 0 spiro atoms. The minimum absolute atomic E-state index is 0.201. The fraction of sp³-hybridized carbons (Fsp3) is 0.375. The quantitative estimate of drug-likeness (QED) is 0.563. The van der Waals surface area contributed by atoms with Gasteiger partial charge in [0.2, 0.25) is 0 Å². The predicted molar refractivity (Wildman–Crippen MR) is 93.7 cm³/mol. The fourth-order valence-electron chi connectivity index (χ4n) is 2.06. The first kappa shape index (κ1) is 19.8. The number of hydrogen-bond donors (Lipinski definition) is 2. The maximum atomic E-state index is 12.5. The monoisotopic (exact) mass is 388 g/mol. The molecule has 2 aromatic rings. The highest BCUT2D eigenvalue weighted by atomic mass is 32.1. The van der Waals surface area contributed by atoms with E-state index in [1.165, 1.54) is 0 Å². The number of guanidine groups is 1. The van der Waals surface area contributed by atoms with Gasteiger partial charge < -0.3 is 20.5 Å². The van der Waals surface area contributed by atoms with Crippen molar-refractivity contribution in [2.75, 3.05) is 20.8 Å². The van der Waals surface area contributed by atoms with Gasteiger partial charge in [0, 0.05) is 18.3 Å². The average molecular weight is 388 g/mol. The Bertz CT molecular complexity index is 762. The van der Waals surface area contributed by atoms with Crippen LogP contribution in [-0.2, 0) is 19.1 Å². The number of ether oxygens (including phenoxy) is 2. The zero-order valence-electron chi connectivity index (χ0n) is 14.3. The van der Waals surface area contributed by atoms with Gasteiger partial charge in [-0.3, -0.25) is 0 Å². The molecule has 0 bridgehead atoms. The lowest BCUT2D eigenvalue weighted by molar-refractivity contribution is -0.140. The second-order valence-corrected chi connectivity index (χ2v) is 6.13. The molecule has 0 fully saturated rings. The number of nitrogens with one attached hydrogen (secondary N) is 1. The molecule has 3 N–H and O–H groups in total. The number of methoxy groups -OCH3 is 2. The lowest BCUT2D eigenvalue weighted by Crippen LogP contribution is -2.33. The van der Waals surface area contributed by atoms with Gasteiger partial charge in [-0.2, -0.15) is 13.2 Å². The van der Waals surface area contributed by atoms with E-state index in [1.54, 1.807) is 26.4 Å². The molecule has 0 atom stereocenters. The summed E-state index contributed by atoms with van der Waals surface area (Å²) in [4.78, 5) is 7.75. The molecular formula is C16H19F3N4O2S. The number of nitrogens with zero attached hydrogens (tertiary/aromatic N) is 2. The van der Waals surface area contributed by atoms with Gasteiger partial charge >= 0.3 is 6.18 Å². The molecule has 0 aliphatic rings. The maximum absolute atomic E-state index is 12.5. The van der Waals surface area contributed by atoms with Crippen molar-refractivity contribution in [2.45, 2.75) is 19.1 Å². The van der Waals surface area contributed by atoms with Crippen LogP contribution in [0, 0.1) is 0 Å². The van der Waals surface area contributed by atoms with Crippen molar-refractivity contribution in [1.29, 1.82) is 0 Å². The molecule has 0 aliphatic carbocycles. The summed E-state index contributed by atoms with van der Waals surface area (Å²) in [6.45, 7) is 0.667. The van der Waals surface area contributed by atoms with Gasteiger partial charge in [-0.05, 0) is 17.7 Å². The molecule has 0 radical (unpaired) electrons. The van der Waals surface area contributed by atoms with E-state index in [9.17, 15) is 13.2 Å². The molecule has 142 valence electrons. The normalized spacial score (nSPS) is 12.1. The third-order valence-corrected chi connectivity index (χ3v) is 4.28. The fourth-order valence-corrected chi connectivity index (χ4v) is 2.87. The molecule has 26 heavy (non-hydrogen) atoms. The largest absolute Gasteiger partial charge is 0.493 e. The van der Waals surface area contributed by atoms with Crippen LogP contribution in [-0.4, -0.2) is 31.7 Å². The van der Waals surface area contributed by atoms with Gasteiger partial charge in [0.05, 0.1) is 25.8 Å². The lowest BCUT2D eigenvalue weighted by Gasteiger charge is -2.09. The number of benzene rings is 1. The van der Waals surface area contributed by atoms with Crippen molar-refractivity contribution in [3.05, 3.63) is 39.8 Å². The summed E-state index contributed by atoms with van der Waals surface area (Å²) in [5.74, 6) is 1.41. The zero-order valence-corrected chi connectivity index (χ0v) is 15.1. The highest BCUT2D eigenvalue weighted by Gasteiger charge is 2.33. The molecule has 10 heteroatoms. The summed E-state index contributed by atoms with van der Waals surface area (Å²) in [5.41, 5.74) is 5.78. The minimum Gasteiger partial charge on any atom is -0.493 e. The van der Waals surface area contributed by atoms with Crippen LogP contribution in [0.3, 0.4) is 0 Å². The van der Waals surface area contributed by atoms with Crippen LogP contribution in [0.2, 0.25) is 0 Å². The van der Waals surface area contributed by atoms with Gasteiger partial charge in [0.15, 0.2) is 23.2 Å². The Morgan fingerprint density at radius 3 is 2.62 bits per heavy atom. The van der Waals surface area contributed by atoms with E-state index in [0.717, 1.165) is 22.3 Å². The first-order valence-electron chi connectivity index (χ1n) is 7.59. The number of rotatable bonds is 7. The van der Waals surface area contributed by atoms with E-state index in [0.29, 0.717) is 36.0 Å². The van der Waals surface area contributed by atoms with Crippen molar-refractivity contribution in [1.82, 2.24) is 10.3 Å². The molecule has 2 rings (SSSR count). The van der Waals surface area contributed by atoms with E-state index < -0.39 is 11.9 Å². The molecule has 0 saturated heterocycles. The maximum Gasteiger partial charge on any atom is 0.434 e. The Morgan fingerprint density at radius 2 is 2.00 bits per heavy atom. The van der Waals surface area contributed by atoms with Crippen LogP contribution in [0.25, 0.3) is 0 Å². The Hall–Kier alpha value is -2.49. The second kappa shape index (κ2) is 8.75. The summed E-state index contributed by atoms with van der Waals surface area (Å²) in [6.07, 6.45) is -4.09. The molecule has 6 nitrogen and oxygen atoms in total. The number of halogens is 3. The number of aliphatic imine (C=N–C) groups is 1. The van der Waals surface area contributed by atoms with Crippen molar-refractivity contribution in [3.63, 3.8) is 0 Å². The van der Waals surface area contributed by atoms with Gasteiger partial charge in [0.25, 0.3) is 0 Å². The zero-order chi connectivity index (χ0) is 19.2. The lowest BCUT2D eigenvalue weighted by atomic mass is 10.2. The van der Waals surface area contributed by atoms with Crippen molar-refractivity contribution in [2.24, 2.45) is 10.7 Å². The van der Waals surface area contributed by atoms with Gasteiger partial charge in [-0.1, -0.05) is 6.07 Å². The average Bonchev–Trinajstić information content (AvgIpc) is 3.09. The number of nitrogens with two attached hydrogens (primary N) is 1. The number of thiazole rings is 1. The summed E-state index contributed by atoms with van der Waals surface area (Å²) in [5, 5.41) is 4.25. The number of hydrogen-bond acceptors (Lipinski definition) is 5. The third-order valence-electron chi connectivity index (χ3n) is 3.37. The summed E-state index contributed by atoms with van der Waals surface area (Å²) >= 11 is 0.968. The molecule has 0 unspecified atom stereocenters. The van der Waals surface area contributed by atoms with Crippen LogP contribution in [0.5, 0.6) is 11.5 Å². The van der Waals surface area contributed by atoms with Gasteiger partial charge in [-0.25, -0.2) is 9.98 Å². The van der Waals surface area contributed by atoms with E-state index in [2.05, 4.69) is 15.3 Å². The van der Waals surface area contributed by atoms with Crippen LogP contribution in [0.15, 0.2) is 28.6 Å². The molecule has 0 amide bonds. The van der Waals surface area contributed by atoms with Crippen LogP contribution < -0.4 is 20.5 Å². The third kappa shape index (κ3) is 5.51. The Kier molecular flexibility index (Phi) is 6.67. The van der Waals surface area contributed by atoms with Gasteiger partial charge in [0.1, 0.15) is 0 Å². The topological polar surface area (TPSA) is 81.8 Å². The highest BCUT2D eigenvalue weighted by Crippen LogP contribution is 2.30. The molecular weight excluding hydrogens is 369 g/mol. The Morgan fingerprint density at radius 1 is 1.27 bits per heavy atom. The summed E-state index contributed by atoms with van der Waals surface area (Å²) < 4.78 is 47.8. The molecule has 1 heterocycles. The second-order valence-electron chi connectivity index (χ2n) is 5.19. The van der Waals surface area contributed by atoms with Crippen LogP contribution >= 0.6 is 11.3 Å².